The Hall–Kier alpha value is -2.29. The van der Waals surface area contributed by atoms with Crippen molar-refractivity contribution in [2.75, 3.05) is 23.3 Å². The smallest absolute Gasteiger partial charge is 0.255 e. The van der Waals surface area contributed by atoms with Crippen molar-refractivity contribution in [1.29, 1.82) is 0 Å². The lowest BCUT2D eigenvalue weighted by atomic mass is 10.1. The van der Waals surface area contributed by atoms with Crippen LogP contribution in [0.3, 0.4) is 0 Å². The number of aryl methyl sites for hydroxylation is 2. The largest absolute Gasteiger partial charge is 0.372 e. The number of benzene rings is 2. The van der Waals surface area contributed by atoms with Gasteiger partial charge in [-0.3, -0.25) is 4.79 Å². The molecule has 3 heteroatoms. The molecule has 0 aliphatic rings. The fraction of sp³-hybridized carbons (Fsp3) is 0.316. The fourth-order valence-electron chi connectivity index (χ4n) is 2.56. The number of amides is 1. The summed E-state index contributed by atoms with van der Waals surface area (Å²) in [6.07, 6.45) is 0. The molecule has 0 saturated heterocycles. The Morgan fingerprint density at radius 2 is 1.64 bits per heavy atom. The van der Waals surface area contributed by atoms with Gasteiger partial charge in [0.05, 0.1) is 0 Å². The first kappa shape index (κ1) is 16.1. The molecule has 1 amide bonds. The molecule has 116 valence electrons. The summed E-state index contributed by atoms with van der Waals surface area (Å²) in [5, 5.41) is 2.98. The summed E-state index contributed by atoms with van der Waals surface area (Å²) < 4.78 is 0. The van der Waals surface area contributed by atoms with E-state index in [0.717, 1.165) is 30.0 Å². The van der Waals surface area contributed by atoms with E-state index in [-0.39, 0.29) is 5.91 Å². The average molecular weight is 296 g/mol. The molecular formula is C19H24N2O. The Morgan fingerprint density at radius 3 is 2.18 bits per heavy atom. The van der Waals surface area contributed by atoms with E-state index in [9.17, 15) is 4.79 Å². The van der Waals surface area contributed by atoms with Gasteiger partial charge in [-0.15, -0.1) is 0 Å². The van der Waals surface area contributed by atoms with Gasteiger partial charge >= 0.3 is 0 Å². The molecule has 0 aliphatic carbocycles. The third-order valence-electron chi connectivity index (χ3n) is 3.89. The van der Waals surface area contributed by atoms with E-state index >= 15 is 0 Å². The monoisotopic (exact) mass is 296 g/mol. The zero-order valence-electron chi connectivity index (χ0n) is 13.8. The molecule has 22 heavy (non-hydrogen) atoms. The Bertz CT molecular complexity index is 643. The SMILES string of the molecule is CCN(CC)c1ccc(C(=O)Nc2ccc(C)cc2C)cc1. The molecule has 0 spiro atoms. The summed E-state index contributed by atoms with van der Waals surface area (Å²) in [5.41, 5.74) is 4.96. The van der Waals surface area contributed by atoms with Gasteiger partial charge < -0.3 is 10.2 Å². The lowest BCUT2D eigenvalue weighted by Gasteiger charge is -2.21. The Kier molecular flexibility index (Phi) is 5.21. The van der Waals surface area contributed by atoms with Crippen molar-refractivity contribution in [3.8, 4) is 0 Å². The van der Waals surface area contributed by atoms with Crippen LogP contribution in [0.15, 0.2) is 42.5 Å². The molecule has 0 saturated carbocycles. The maximum atomic E-state index is 12.3. The zero-order chi connectivity index (χ0) is 16.1. The standard InChI is InChI=1S/C19H24N2O/c1-5-21(6-2)17-10-8-16(9-11-17)19(22)20-18-12-7-14(3)13-15(18)4/h7-13H,5-6H2,1-4H3,(H,20,22). The molecule has 0 atom stereocenters. The van der Waals surface area contributed by atoms with Crippen LogP contribution in [-0.4, -0.2) is 19.0 Å². The van der Waals surface area contributed by atoms with Gasteiger partial charge in [-0.25, -0.2) is 0 Å². The van der Waals surface area contributed by atoms with Crippen LogP contribution in [0.4, 0.5) is 11.4 Å². The number of hydrogen-bond donors (Lipinski definition) is 1. The van der Waals surface area contributed by atoms with Crippen LogP contribution in [0.5, 0.6) is 0 Å². The van der Waals surface area contributed by atoms with Crippen LogP contribution < -0.4 is 10.2 Å². The van der Waals surface area contributed by atoms with E-state index in [4.69, 9.17) is 0 Å². The molecule has 0 aromatic heterocycles. The van der Waals surface area contributed by atoms with Crippen LogP contribution in [0.2, 0.25) is 0 Å². The number of anilines is 2. The highest BCUT2D eigenvalue weighted by molar-refractivity contribution is 6.04. The van der Waals surface area contributed by atoms with E-state index in [1.54, 1.807) is 0 Å². The van der Waals surface area contributed by atoms with Crippen LogP contribution in [0.25, 0.3) is 0 Å². The first-order valence-corrected chi connectivity index (χ1v) is 7.78. The Labute approximate surface area is 133 Å². The highest BCUT2D eigenvalue weighted by atomic mass is 16.1. The second-order valence-electron chi connectivity index (χ2n) is 5.49. The maximum Gasteiger partial charge on any atom is 0.255 e. The van der Waals surface area contributed by atoms with Gasteiger partial charge in [0.15, 0.2) is 0 Å². The minimum atomic E-state index is -0.0712. The highest BCUT2D eigenvalue weighted by Gasteiger charge is 2.09. The summed E-state index contributed by atoms with van der Waals surface area (Å²) in [7, 11) is 0. The second-order valence-corrected chi connectivity index (χ2v) is 5.49. The maximum absolute atomic E-state index is 12.3. The lowest BCUT2D eigenvalue weighted by molar-refractivity contribution is 0.102. The molecule has 2 aromatic carbocycles. The van der Waals surface area contributed by atoms with Crippen molar-refractivity contribution in [1.82, 2.24) is 0 Å². The average Bonchev–Trinajstić information content (AvgIpc) is 2.52. The zero-order valence-corrected chi connectivity index (χ0v) is 13.8. The number of nitrogens with one attached hydrogen (secondary N) is 1. The van der Waals surface area contributed by atoms with Crippen molar-refractivity contribution in [2.45, 2.75) is 27.7 Å². The number of carbonyl (C=O) groups excluding carboxylic acids is 1. The normalized spacial score (nSPS) is 10.4. The van der Waals surface area contributed by atoms with Gasteiger partial charge in [0.1, 0.15) is 0 Å². The topological polar surface area (TPSA) is 32.3 Å². The van der Waals surface area contributed by atoms with Gasteiger partial charge in [0.25, 0.3) is 5.91 Å². The Balaban J connectivity index is 2.13. The van der Waals surface area contributed by atoms with Crippen LogP contribution >= 0.6 is 0 Å². The third-order valence-corrected chi connectivity index (χ3v) is 3.89. The quantitative estimate of drug-likeness (QED) is 0.887. The number of nitrogens with zero attached hydrogens (tertiary/aromatic N) is 1. The van der Waals surface area contributed by atoms with Crippen molar-refractivity contribution in [2.24, 2.45) is 0 Å². The van der Waals surface area contributed by atoms with Crippen molar-refractivity contribution in [3.05, 3.63) is 59.2 Å². The summed E-state index contributed by atoms with van der Waals surface area (Å²) in [6.45, 7) is 10.2. The summed E-state index contributed by atoms with van der Waals surface area (Å²) in [5.74, 6) is -0.0712. The first-order valence-electron chi connectivity index (χ1n) is 7.78. The van der Waals surface area contributed by atoms with E-state index in [1.807, 2.05) is 50.2 Å². The molecule has 0 aliphatic heterocycles. The van der Waals surface area contributed by atoms with E-state index in [0.29, 0.717) is 5.56 Å². The lowest BCUT2D eigenvalue weighted by Crippen LogP contribution is -2.21. The van der Waals surface area contributed by atoms with Gasteiger partial charge in [-0.05, 0) is 63.6 Å². The molecule has 1 N–H and O–H groups in total. The van der Waals surface area contributed by atoms with Crippen LogP contribution in [0, 0.1) is 13.8 Å². The predicted octanol–water partition coefficient (Wildman–Crippen LogP) is 4.40. The molecule has 0 unspecified atom stereocenters. The minimum Gasteiger partial charge on any atom is -0.372 e. The highest BCUT2D eigenvalue weighted by Crippen LogP contribution is 2.19. The fourth-order valence-corrected chi connectivity index (χ4v) is 2.56. The van der Waals surface area contributed by atoms with Gasteiger partial charge in [-0.2, -0.15) is 0 Å². The first-order chi connectivity index (χ1) is 10.5. The Morgan fingerprint density at radius 1 is 1.00 bits per heavy atom. The predicted molar refractivity (Wildman–Crippen MR) is 93.9 cm³/mol. The summed E-state index contributed by atoms with van der Waals surface area (Å²) in [4.78, 5) is 14.6. The number of hydrogen-bond acceptors (Lipinski definition) is 2. The van der Waals surface area contributed by atoms with E-state index < -0.39 is 0 Å². The molecule has 2 rings (SSSR count). The summed E-state index contributed by atoms with van der Waals surface area (Å²) >= 11 is 0. The number of carbonyl (C=O) groups is 1. The van der Waals surface area contributed by atoms with E-state index in [2.05, 4.69) is 30.1 Å². The molecule has 0 radical (unpaired) electrons. The van der Waals surface area contributed by atoms with Crippen LogP contribution in [0.1, 0.15) is 35.3 Å². The van der Waals surface area contributed by atoms with Crippen molar-refractivity contribution < 1.29 is 4.79 Å². The minimum absolute atomic E-state index is 0.0712. The molecule has 2 aromatic rings. The molecule has 3 nitrogen and oxygen atoms in total. The summed E-state index contributed by atoms with van der Waals surface area (Å²) in [6, 6.07) is 13.8. The van der Waals surface area contributed by atoms with Crippen molar-refractivity contribution >= 4 is 17.3 Å². The van der Waals surface area contributed by atoms with Crippen LogP contribution in [-0.2, 0) is 0 Å². The molecule has 0 bridgehead atoms. The third kappa shape index (κ3) is 3.67. The second kappa shape index (κ2) is 7.12. The molecular weight excluding hydrogens is 272 g/mol. The van der Waals surface area contributed by atoms with E-state index in [1.165, 1.54) is 5.56 Å². The van der Waals surface area contributed by atoms with Gasteiger partial charge in [-0.1, -0.05) is 17.7 Å². The number of rotatable bonds is 5. The van der Waals surface area contributed by atoms with Crippen molar-refractivity contribution in [3.63, 3.8) is 0 Å². The molecule has 0 heterocycles. The van der Waals surface area contributed by atoms with Gasteiger partial charge in [0.2, 0.25) is 0 Å². The molecule has 0 fully saturated rings. The van der Waals surface area contributed by atoms with Gasteiger partial charge in [0, 0.05) is 30.0 Å².